The molecule has 6 amide bonds. The van der Waals surface area contributed by atoms with Crippen LogP contribution in [0.4, 0.5) is 5.69 Å². The summed E-state index contributed by atoms with van der Waals surface area (Å²) < 4.78 is 33.2. The number of aromatic nitrogens is 1. The lowest BCUT2D eigenvalue weighted by molar-refractivity contribution is -0.149. The summed E-state index contributed by atoms with van der Waals surface area (Å²) in [4.78, 5) is 94.6. The molecule has 0 aliphatic carbocycles. The lowest BCUT2D eigenvalue weighted by atomic mass is 9.99. The van der Waals surface area contributed by atoms with Crippen molar-refractivity contribution in [1.29, 1.82) is 0 Å². The van der Waals surface area contributed by atoms with Gasteiger partial charge >= 0.3 is 0 Å². The molecule has 7 rings (SSSR count). The van der Waals surface area contributed by atoms with Crippen LogP contribution in [0.2, 0.25) is 0 Å². The van der Waals surface area contributed by atoms with E-state index in [4.69, 9.17) is 28.1 Å². The fourth-order valence-electron chi connectivity index (χ4n) is 8.11. The molecule has 352 valence electrons. The van der Waals surface area contributed by atoms with Crippen LogP contribution in [0.3, 0.4) is 0 Å². The number of H-pyrrole nitrogens is 1. The van der Waals surface area contributed by atoms with Crippen LogP contribution >= 0.6 is 0 Å². The number of imide groups is 2. The van der Waals surface area contributed by atoms with E-state index in [1.165, 1.54) is 11.2 Å². The Hall–Kier alpha value is -6.09. The number of furan rings is 1. The second-order valence-electron chi connectivity index (χ2n) is 16.1. The van der Waals surface area contributed by atoms with E-state index in [9.17, 15) is 38.7 Å². The Morgan fingerprint density at radius 2 is 1.50 bits per heavy atom. The first-order chi connectivity index (χ1) is 32.0. The second-order valence-corrected chi connectivity index (χ2v) is 16.1. The van der Waals surface area contributed by atoms with Crippen molar-refractivity contribution in [3.05, 3.63) is 89.0 Å². The molecule has 0 spiro atoms. The fraction of sp³-hybridized carbons (Fsp3) is 0.468. The predicted octanol–water partition coefficient (Wildman–Crippen LogP) is 2.67. The highest BCUT2D eigenvalue weighted by Crippen LogP contribution is 2.32. The molecule has 2 aromatic carbocycles. The highest BCUT2D eigenvalue weighted by atomic mass is 16.6. The van der Waals surface area contributed by atoms with Gasteiger partial charge in [-0.2, -0.15) is 0 Å². The number of aliphatic hydroxyl groups is 1. The van der Waals surface area contributed by atoms with Crippen LogP contribution in [0.5, 0.6) is 0 Å². The van der Waals surface area contributed by atoms with Crippen LogP contribution in [-0.4, -0.2) is 147 Å². The number of benzene rings is 2. The maximum Gasteiger partial charge on any atom is 0.268 e. The molecule has 0 bridgehead atoms. The number of rotatable bonds is 27. The summed E-state index contributed by atoms with van der Waals surface area (Å²) >= 11 is 0. The van der Waals surface area contributed by atoms with Gasteiger partial charge in [0.1, 0.15) is 11.8 Å². The van der Waals surface area contributed by atoms with Crippen LogP contribution in [0.25, 0.3) is 10.9 Å². The molecule has 4 N–H and O–H groups in total. The van der Waals surface area contributed by atoms with Crippen molar-refractivity contribution in [2.75, 3.05) is 84.1 Å². The Morgan fingerprint density at radius 1 is 0.803 bits per heavy atom. The minimum Gasteiger partial charge on any atom is -0.469 e. The molecule has 2 unspecified atom stereocenters. The summed E-state index contributed by atoms with van der Waals surface area (Å²) in [5.74, 6) is -2.93. The van der Waals surface area contributed by atoms with Gasteiger partial charge in [-0.3, -0.25) is 43.8 Å². The van der Waals surface area contributed by atoms with E-state index >= 15 is 0 Å². The lowest BCUT2D eigenvalue weighted by Crippen LogP contribution is -2.54. The van der Waals surface area contributed by atoms with Crippen molar-refractivity contribution in [3.63, 3.8) is 0 Å². The number of nitrogens with one attached hydrogen (secondary N) is 3. The number of hydrogen-bond donors (Lipinski definition) is 4. The topological polar surface area (TPSA) is 245 Å². The molecule has 5 heterocycles. The largest absolute Gasteiger partial charge is 0.469 e. The molecule has 2 saturated heterocycles. The van der Waals surface area contributed by atoms with Gasteiger partial charge in [0.15, 0.2) is 5.78 Å². The number of aryl methyl sites for hydroxylation is 1. The third kappa shape index (κ3) is 11.6. The van der Waals surface area contributed by atoms with Gasteiger partial charge in [-0.15, -0.1) is 0 Å². The normalized spacial score (nSPS) is 18.4. The number of ketones is 1. The van der Waals surface area contributed by atoms with Crippen molar-refractivity contribution >= 4 is 57.8 Å². The first kappa shape index (κ1) is 47.9. The number of aromatic amines is 1. The molecular formula is C47H55N5O14. The Balaban J connectivity index is 0.674. The van der Waals surface area contributed by atoms with E-state index < -0.39 is 47.1 Å². The van der Waals surface area contributed by atoms with E-state index in [2.05, 4.69) is 15.6 Å². The number of hydrogen-bond acceptors (Lipinski definition) is 14. The van der Waals surface area contributed by atoms with Crippen molar-refractivity contribution in [1.82, 2.24) is 20.5 Å². The number of ether oxygens (including phenoxy) is 5. The van der Waals surface area contributed by atoms with E-state index in [0.717, 1.165) is 15.8 Å². The Morgan fingerprint density at radius 3 is 2.18 bits per heavy atom. The Bertz CT molecular complexity index is 2380. The average molecular weight is 914 g/mol. The third-order valence-corrected chi connectivity index (χ3v) is 11.6. The summed E-state index contributed by atoms with van der Waals surface area (Å²) in [6, 6.07) is 14.6. The number of amides is 6. The van der Waals surface area contributed by atoms with E-state index in [0.29, 0.717) is 120 Å². The summed E-state index contributed by atoms with van der Waals surface area (Å²) in [6.45, 7) is 4.27. The van der Waals surface area contributed by atoms with Crippen LogP contribution in [0.15, 0.2) is 65.3 Å². The van der Waals surface area contributed by atoms with Gasteiger partial charge in [-0.05, 0) is 73.7 Å². The first-order valence-electron chi connectivity index (χ1n) is 22.3. The predicted molar refractivity (Wildman–Crippen MR) is 235 cm³/mol. The highest BCUT2D eigenvalue weighted by molar-refractivity contribution is 6.24. The summed E-state index contributed by atoms with van der Waals surface area (Å²) in [7, 11) is 0. The Labute approximate surface area is 380 Å². The minimum atomic E-state index is -2.17. The molecule has 4 aromatic rings. The molecule has 3 aliphatic rings. The van der Waals surface area contributed by atoms with E-state index in [1.807, 2.05) is 0 Å². The molecule has 66 heavy (non-hydrogen) atoms. The molecule has 2 fully saturated rings. The fourth-order valence-corrected chi connectivity index (χ4v) is 8.11. The number of Topliss-reactive ketones (excluding diaryl/α,β-unsaturated/α-hetero) is 1. The van der Waals surface area contributed by atoms with Gasteiger partial charge in [0.25, 0.3) is 23.6 Å². The van der Waals surface area contributed by atoms with Gasteiger partial charge in [-0.1, -0.05) is 12.1 Å². The third-order valence-electron chi connectivity index (χ3n) is 11.6. The number of carbonyl (C=O) groups excluding carboxylic acids is 7. The maximum atomic E-state index is 13.2. The maximum absolute atomic E-state index is 13.2. The molecular weight excluding hydrogens is 859 g/mol. The van der Waals surface area contributed by atoms with Gasteiger partial charge in [-0.25, -0.2) is 0 Å². The lowest BCUT2D eigenvalue weighted by Gasteiger charge is -2.27. The number of piperidine rings is 1. The standard InChI is InChI=1S/C47H55N5O14/c53-39(37-30-32-29-33(10-11-36(32)49-37)51-17-15-47(60,46(51)59)45(58)48-16-14-34-7-3-20-66-34)9-4-19-62-22-24-64-26-28-65-27-25-63-23-21-61-18-2-6-31-5-1-8-35-41(31)44(57)52(43(35)56)38-12-13-40(54)50-42(38)55/h1,3,5,7-8,10-11,20,29-30,38,49,60H,2,4,6,9,12-19,21-28H2,(H,48,58)(H,50,54,55). The van der Waals surface area contributed by atoms with Crippen LogP contribution in [-0.2, 0) is 55.7 Å². The SMILES string of the molecule is O=C1CCC(N2C(=O)c3cccc(CCCOCCOCCOCCOCCOCCCC(=O)c4cc5cc(N6CCC(O)(C(=O)NCCc7ccco7)C6=O)ccc5[nH]4)c3C2=O)C(=O)N1. The smallest absolute Gasteiger partial charge is 0.268 e. The van der Waals surface area contributed by atoms with Crippen molar-refractivity contribution in [2.24, 2.45) is 0 Å². The number of anilines is 1. The van der Waals surface area contributed by atoms with Crippen molar-refractivity contribution in [3.8, 4) is 0 Å². The quantitative estimate of drug-likeness (QED) is 0.0291. The monoisotopic (exact) mass is 913 g/mol. The minimum absolute atomic E-state index is 0.0481. The van der Waals surface area contributed by atoms with Gasteiger partial charge < -0.3 is 48.4 Å². The van der Waals surface area contributed by atoms with Crippen LogP contribution in [0, 0.1) is 0 Å². The summed E-state index contributed by atoms with van der Waals surface area (Å²) in [5, 5.41) is 16.6. The molecule has 19 nitrogen and oxygen atoms in total. The Kier molecular flexibility index (Phi) is 16.6. The molecule has 0 saturated carbocycles. The molecule has 19 heteroatoms. The highest BCUT2D eigenvalue weighted by Gasteiger charge is 2.52. The van der Waals surface area contributed by atoms with E-state index in [1.54, 1.807) is 54.6 Å². The zero-order valence-electron chi connectivity index (χ0n) is 36.6. The molecule has 0 radical (unpaired) electrons. The van der Waals surface area contributed by atoms with Crippen LogP contribution in [0.1, 0.15) is 81.1 Å². The van der Waals surface area contributed by atoms with Crippen molar-refractivity contribution in [2.45, 2.75) is 63.0 Å². The second kappa shape index (κ2) is 22.9. The van der Waals surface area contributed by atoms with E-state index in [-0.39, 0.29) is 50.1 Å². The molecule has 2 aromatic heterocycles. The molecule has 2 atom stereocenters. The zero-order chi connectivity index (χ0) is 46.5. The summed E-state index contributed by atoms with van der Waals surface area (Å²) in [6.07, 6.45) is 4.00. The average Bonchev–Trinajstić information content (AvgIpc) is 4.11. The number of nitrogens with zero attached hydrogens (tertiary/aromatic N) is 2. The number of fused-ring (bicyclic) bond motifs is 2. The van der Waals surface area contributed by atoms with Crippen LogP contribution < -0.4 is 15.5 Å². The molecule has 3 aliphatic heterocycles. The van der Waals surface area contributed by atoms with Crippen molar-refractivity contribution < 1.29 is 66.8 Å². The first-order valence-corrected chi connectivity index (χ1v) is 22.3. The zero-order valence-corrected chi connectivity index (χ0v) is 36.6. The van der Waals surface area contributed by atoms with Gasteiger partial charge in [0, 0.05) is 68.6 Å². The summed E-state index contributed by atoms with van der Waals surface area (Å²) in [5.41, 5.74) is 0.787. The number of carbonyl (C=O) groups is 7. The van der Waals surface area contributed by atoms with Gasteiger partial charge in [0.2, 0.25) is 17.4 Å². The van der Waals surface area contributed by atoms with Gasteiger partial charge in [0.05, 0.1) is 75.9 Å².